The van der Waals surface area contributed by atoms with Crippen LogP contribution in [0.3, 0.4) is 0 Å². The van der Waals surface area contributed by atoms with Gasteiger partial charge < -0.3 is 5.32 Å². The summed E-state index contributed by atoms with van der Waals surface area (Å²) in [5.74, 6) is -0.338. The molecule has 1 aliphatic heterocycles. The number of nitrogens with zero attached hydrogens (tertiary/aromatic N) is 1. The van der Waals surface area contributed by atoms with Crippen molar-refractivity contribution < 1.29 is 9.59 Å². The fourth-order valence-corrected chi connectivity index (χ4v) is 0.792. The summed E-state index contributed by atoms with van der Waals surface area (Å²) in [5.41, 5.74) is 0. The summed E-state index contributed by atoms with van der Waals surface area (Å²) >= 11 is 0. The first-order chi connectivity index (χ1) is 4.75. The molecule has 0 radical (unpaired) electrons. The second-order valence-electron chi connectivity index (χ2n) is 1.93. The fraction of sp³-hybridized carbons (Fsp3) is 0.333. The number of amides is 3. The molecule has 1 rings (SSSR count). The normalized spacial score (nSPS) is 16.8. The zero-order chi connectivity index (χ0) is 7.56. The van der Waals surface area contributed by atoms with E-state index in [4.69, 9.17) is 0 Å². The van der Waals surface area contributed by atoms with E-state index in [0.717, 1.165) is 11.0 Å². The van der Waals surface area contributed by atoms with E-state index in [1.54, 1.807) is 0 Å². The first-order valence-corrected chi connectivity index (χ1v) is 2.97. The fourth-order valence-electron chi connectivity index (χ4n) is 0.792. The molecule has 4 nitrogen and oxygen atoms in total. The lowest BCUT2D eigenvalue weighted by molar-refractivity contribution is -0.122. The van der Waals surface area contributed by atoms with Gasteiger partial charge in [0.25, 0.3) is 5.91 Å². The third kappa shape index (κ3) is 1.00. The highest BCUT2D eigenvalue weighted by molar-refractivity contribution is 6.01. The maximum absolute atomic E-state index is 10.8. The smallest absolute Gasteiger partial charge is 0.324 e. The molecule has 1 heterocycles. The Kier molecular flexibility index (Phi) is 1.71. The highest BCUT2D eigenvalue weighted by Gasteiger charge is 2.23. The van der Waals surface area contributed by atoms with Gasteiger partial charge in [0.2, 0.25) is 0 Å². The SMILES string of the molecule is C=CC(=O)N1CCNC1=O. The minimum absolute atomic E-state index is 0.329. The summed E-state index contributed by atoms with van der Waals surface area (Å²) in [5, 5.41) is 2.50. The zero-order valence-electron chi connectivity index (χ0n) is 5.46. The first kappa shape index (κ1) is 6.80. The molecule has 0 aromatic carbocycles. The average Bonchev–Trinajstić information content (AvgIpc) is 2.34. The van der Waals surface area contributed by atoms with Gasteiger partial charge in [-0.15, -0.1) is 0 Å². The number of imide groups is 1. The molecular weight excluding hydrogens is 132 g/mol. The van der Waals surface area contributed by atoms with Gasteiger partial charge in [0.05, 0.1) is 0 Å². The van der Waals surface area contributed by atoms with Crippen LogP contribution < -0.4 is 5.32 Å². The summed E-state index contributed by atoms with van der Waals surface area (Å²) in [7, 11) is 0. The van der Waals surface area contributed by atoms with E-state index < -0.39 is 0 Å². The number of carbonyl (C=O) groups excluding carboxylic acids is 2. The molecule has 0 spiro atoms. The molecule has 0 atom stereocenters. The molecule has 1 N–H and O–H groups in total. The number of carbonyl (C=O) groups is 2. The zero-order valence-corrected chi connectivity index (χ0v) is 5.46. The molecule has 0 unspecified atom stereocenters. The van der Waals surface area contributed by atoms with Crippen LogP contribution in [0.25, 0.3) is 0 Å². The predicted molar refractivity (Wildman–Crippen MR) is 35.3 cm³/mol. The molecule has 0 bridgehead atoms. The van der Waals surface area contributed by atoms with Gasteiger partial charge in [0, 0.05) is 13.1 Å². The van der Waals surface area contributed by atoms with Crippen molar-refractivity contribution in [2.45, 2.75) is 0 Å². The second kappa shape index (κ2) is 2.51. The monoisotopic (exact) mass is 140 g/mol. The topological polar surface area (TPSA) is 49.4 Å². The Bertz CT molecular complexity index is 188. The maximum Gasteiger partial charge on any atom is 0.324 e. The van der Waals surface area contributed by atoms with Crippen molar-refractivity contribution in [2.24, 2.45) is 0 Å². The van der Waals surface area contributed by atoms with Gasteiger partial charge in [0.1, 0.15) is 0 Å². The van der Waals surface area contributed by atoms with Crippen molar-refractivity contribution >= 4 is 11.9 Å². The Hall–Kier alpha value is -1.32. The Labute approximate surface area is 58.5 Å². The predicted octanol–water partition coefficient (Wildman–Crippen LogP) is -0.276. The van der Waals surface area contributed by atoms with Gasteiger partial charge in [-0.3, -0.25) is 9.69 Å². The molecule has 1 fully saturated rings. The number of nitrogens with one attached hydrogen (secondary N) is 1. The standard InChI is InChI=1S/C6H8N2O2/c1-2-5(9)8-4-3-7-6(8)10/h2H,1,3-4H2,(H,7,10). The molecule has 3 amide bonds. The molecule has 1 aliphatic rings. The number of hydrogen-bond donors (Lipinski definition) is 1. The van der Waals surface area contributed by atoms with E-state index >= 15 is 0 Å². The summed E-state index contributed by atoms with van der Waals surface area (Å²) < 4.78 is 0. The largest absolute Gasteiger partial charge is 0.336 e. The summed E-state index contributed by atoms with van der Waals surface area (Å²) in [6, 6.07) is -0.329. The minimum Gasteiger partial charge on any atom is -0.336 e. The van der Waals surface area contributed by atoms with Crippen molar-refractivity contribution in [3.63, 3.8) is 0 Å². The Balaban J connectivity index is 2.63. The van der Waals surface area contributed by atoms with E-state index in [2.05, 4.69) is 11.9 Å². The number of hydrogen-bond acceptors (Lipinski definition) is 2. The highest BCUT2D eigenvalue weighted by atomic mass is 16.2. The lowest BCUT2D eigenvalue weighted by Crippen LogP contribution is -2.32. The van der Waals surface area contributed by atoms with Gasteiger partial charge in [-0.25, -0.2) is 4.79 Å². The Morgan fingerprint density at radius 3 is 2.90 bits per heavy atom. The average molecular weight is 140 g/mol. The molecule has 10 heavy (non-hydrogen) atoms. The number of rotatable bonds is 1. The Morgan fingerprint density at radius 2 is 2.50 bits per heavy atom. The van der Waals surface area contributed by atoms with Crippen LogP contribution in [0.15, 0.2) is 12.7 Å². The molecule has 0 aromatic rings. The van der Waals surface area contributed by atoms with Crippen LogP contribution in [0.5, 0.6) is 0 Å². The second-order valence-corrected chi connectivity index (χ2v) is 1.93. The molecule has 4 heteroatoms. The van der Waals surface area contributed by atoms with Crippen LogP contribution in [0.4, 0.5) is 4.79 Å². The maximum atomic E-state index is 10.8. The van der Waals surface area contributed by atoms with Crippen LogP contribution in [-0.4, -0.2) is 29.9 Å². The van der Waals surface area contributed by atoms with E-state index in [-0.39, 0.29) is 11.9 Å². The van der Waals surface area contributed by atoms with Crippen LogP contribution in [0, 0.1) is 0 Å². The summed E-state index contributed by atoms with van der Waals surface area (Å²) in [6.07, 6.45) is 1.13. The first-order valence-electron chi connectivity index (χ1n) is 2.97. The molecular formula is C6H8N2O2. The van der Waals surface area contributed by atoms with Gasteiger partial charge >= 0.3 is 6.03 Å². The molecule has 54 valence electrons. The van der Waals surface area contributed by atoms with Gasteiger partial charge in [-0.1, -0.05) is 6.58 Å². The molecule has 0 aliphatic carbocycles. The van der Waals surface area contributed by atoms with Crippen molar-refractivity contribution in [2.75, 3.05) is 13.1 Å². The lowest BCUT2D eigenvalue weighted by atomic mass is 10.5. The van der Waals surface area contributed by atoms with E-state index in [1.165, 1.54) is 0 Å². The van der Waals surface area contributed by atoms with Crippen molar-refractivity contribution in [3.05, 3.63) is 12.7 Å². The molecule has 1 saturated heterocycles. The quantitative estimate of drug-likeness (QED) is 0.509. The van der Waals surface area contributed by atoms with Crippen LogP contribution >= 0.6 is 0 Å². The van der Waals surface area contributed by atoms with E-state index in [1.807, 2.05) is 0 Å². The highest BCUT2D eigenvalue weighted by Crippen LogP contribution is 1.96. The minimum atomic E-state index is -0.338. The van der Waals surface area contributed by atoms with Crippen molar-refractivity contribution in [1.82, 2.24) is 10.2 Å². The van der Waals surface area contributed by atoms with Crippen LogP contribution in [0.1, 0.15) is 0 Å². The van der Waals surface area contributed by atoms with Crippen LogP contribution in [0.2, 0.25) is 0 Å². The Morgan fingerprint density at radius 1 is 1.80 bits per heavy atom. The third-order valence-corrected chi connectivity index (χ3v) is 1.30. The third-order valence-electron chi connectivity index (χ3n) is 1.30. The van der Waals surface area contributed by atoms with E-state index in [9.17, 15) is 9.59 Å². The summed E-state index contributed by atoms with van der Waals surface area (Å²) in [6.45, 7) is 4.26. The van der Waals surface area contributed by atoms with Gasteiger partial charge in [0.15, 0.2) is 0 Å². The van der Waals surface area contributed by atoms with E-state index in [0.29, 0.717) is 13.1 Å². The van der Waals surface area contributed by atoms with Crippen molar-refractivity contribution in [1.29, 1.82) is 0 Å². The molecule has 0 saturated carbocycles. The molecule has 0 aromatic heterocycles. The van der Waals surface area contributed by atoms with Crippen LogP contribution in [-0.2, 0) is 4.79 Å². The summed E-state index contributed by atoms with van der Waals surface area (Å²) in [4.78, 5) is 22.6. The van der Waals surface area contributed by atoms with Gasteiger partial charge in [-0.05, 0) is 6.08 Å². The van der Waals surface area contributed by atoms with Crippen molar-refractivity contribution in [3.8, 4) is 0 Å². The number of urea groups is 1. The lowest BCUT2D eigenvalue weighted by Gasteiger charge is -2.06. The van der Waals surface area contributed by atoms with Gasteiger partial charge in [-0.2, -0.15) is 0 Å².